The monoisotopic (exact) mass is 265 g/mol. The molecular formula is C15H20FNO2. The molecule has 0 heterocycles. The summed E-state index contributed by atoms with van der Waals surface area (Å²) in [5.74, 6) is -0.821. The summed E-state index contributed by atoms with van der Waals surface area (Å²) in [7, 11) is 0. The Hall–Kier alpha value is -1.58. The second-order valence-electron chi connectivity index (χ2n) is 5.42. The van der Waals surface area contributed by atoms with E-state index in [1.807, 2.05) is 0 Å². The van der Waals surface area contributed by atoms with Crippen LogP contribution in [0, 0.1) is 11.7 Å². The van der Waals surface area contributed by atoms with Gasteiger partial charge in [0.1, 0.15) is 17.1 Å². The summed E-state index contributed by atoms with van der Waals surface area (Å²) in [5.41, 5.74) is -0.250. The lowest BCUT2D eigenvalue weighted by molar-refractivity contribution is 0.0926. The Morgan fingerprint density at radius 3 is 2.84 bits per heavy atom. The van der Waals surface area contributed by atoms with Crippen molar-refractivity contribution in [1.29, 1.82) is 0 Å². The van der Waals surface area contributed by atoms with Crippen LogP contribution >= 0.6 is 0 Å². The SMILES string of the molecule is CC1CCCC(NC(=O)c2c(O)cccc2F)CC1. The largest absolute Gasteiger partial charge is 0.507 e. The Morgan fingerprint density at radius 1 is 1.32 bits per heavy atom. The lowest BCUT2D eigenvalue weighted by Gasteiger charge is -2.17. The van der Waals surface area contributed by atoms with Crippen molar-refractivity contribution in [2.75, 3.05) is 0 Å². The summed E-state index contributed by atoms with van der Waals surface area (Å²) in [5, 5.41) is 12.4. The molecule has 2 rings (SSSR count). The van der Waals surface area contributed by atoms with Crippen molar-refractivity contribution in [2.24, 2.45) is 5.92 Å². The molecule has 0 aliphatic heterocycles. The highest BCUT2D eigenvalue weighted by atomic mass is 19.1. The number of amides is 1. The third-order valence-electron chi connectivity index (χ3n) is 3.81. The van der Waals surface area contributed by atoms with Gasteiger partial charge in [0.2, 0.25) is 0 Å². The fourth-order valence-electron chi connectivity index (χ4n) is 2.63. The first-order chi connectivity index (χ1) is 9.08. The molecule has 0 saturated heterocycles. The van der Waals surface area contributed by atoms with Crippen LogP contribution in [0.15, 0.2) is 18.2 Å². The smallest absolute Gasteiger partial charge is 0.258 e. The minimum atomic E-state index is -0.681. The van der Waals surface area contributed by atoms with E-state index in [1.54, 1.807) is 0 Å². The van der Waals surface area contributed by atoms with Gasteiger partial charge in [-0.05, 0) is 37.3 Å². The van der Waals surface area contributed by atoms with Crippen LogP contribution in [-0.4, -0.2) is 17.1 Å². The highest BCUT2D eigenvalue weighted by molar-refractivity contribution is 5.97. The fourth-order valence-corrected chi connectivity index (χ4v) is 2.63. The maximum atomic E-state index is 13.6. The first-order valence-corrected chi connectivity index (χ1v) is 6.86. The number of nitrogens with one attached hydrogen (secondary N) is 1. The second kappa shape index (κ2) is 6.04. The standard InChI is InChI=1S/C15H20FNO2/c1-10-4-2-5-11(9-8-10)17-15(19)14-12(16)6-3-7-13(14)18/h3,6-7,10-11,18H,2,4-5,8-9H2,1H3,(H,17,19). The van der Waals surface area contributed by atoms with Gasteiger partial charge < -0.3 is 10.4 Å². The molecule has 1 saturated carbocycles. The van der Waals surface area contributed by atoms with Crippen LogP contribution in [0.2, 0.25) is 0 Å². The number of carbonyl (C=O) groups excluding carboxylic acids is 1. The van der Waals surface area contributed by atoms with Gasteiger partial charge in [0.25, 0.3) is 5.91 Å². The molecule has 2 atom stereocenters. The highest BCUT2D eigenvalue weighted by Gasteiger charge is 2.22. The van der Waals surface area contributed by atoms with Crippen molar-refractivity contribution >= 4 is 5.91 Å². The third kappa shape index (κ3) is 3.46. The average molecular weight is 265 g/mol. The molecule has 1 fully saturated rings. The number of hydrogen-bond donors (Lipinski definition) is 2. The van der Waals surface area contributed by atoms with Crippen LogP contribution < -0.4 is 5.32 Å². The molecule has 0 spiro atoms. The summed E-state index contributed by atoms with van der Waals surface area (Å²) in [6, 6.07) is 3.97. The molecule has 1 aromatic carbocycles. The quantitative estimate of drug-likeness (QED) is 0.807. The summed E-state index contributed by atoms with van der Waals surface area (Å²) in [6.45, 7) is 2.22. The Labute approximate surface area is 112 Å². The molecule has 104 valence electrons. The molecule has 2 N–H and O–H groups in total. The van der Waals surface area contributed by atoms with E-state index in [0.717, 1.165) is 25.7 Å². The summed E-state index contributed by atoms with van der Waals surface area (Å²) < 4.78 is 13.6. The maximum Gasteiger partial charge on any atom is 0.258 e. The number of rotatable bonds is 2. The molecule has 3 nitrogen and oxygen atoms in total. The van der Waals surface area contributed by atoms with E-state index < -0.39 is 11.7 Å². The number of benzene rings is 1. The predicted molar refractivity (Wildman–Crippen MR) is 71.6 cm³/mol. The van der Waals surface area contributed by atoms with Crippen LogP contribution in [0.1, 0.15) is 49.4 Å². The maximum absolute atomic E-state index is 13.6. The zero-order valence-corrected chi connectivity index (χ0v) is 11.2. The topological polar surface area (TPSA) is 49.3 Å². The summed E-state index contributed by atoms with van der Waals surface area (Å²) in [6.07, 6.45) is 5.17. The molecule has 1 aromatic rings. The second-order valence-corrected chi connectivity index (χ2v) is 5.42. The Balaban J connectivity index is 2.04. The van der Waals surface area contributed by atoms with E-state index >= 15 is 0 Å². The number of phenols is 1. The van der Waals surface area contributed by atoms with Crippen molar-refractivity contribution in [3.8, 4) is 5.75 Å². The van der Waals surface area contributed by atoms with E-state index in [4.69, 9.17) is 0 Å². The van der Waals surface area contributed by atoms with Crippen LogP contribution in [0.25, 0.3) is 0 Å². The molecule has 1 aliphatic rings. The zero-order valence-electron chi connectivity index (χ0n) is 11.2. The summed E-state index contributed by atoms with van der Waals surface area (Å²) >= 11 is 0. The van der Waals surface area contributed by atoms with Crippen molar-refractivity contribution in [1.82, 2.24) is 5.32 Å². The minimum Gasteiger partial charge on any atom is -0.507 e. The molecule has 4 heteroatoms. The van der Waals surface area contributed by atoms with Gasteiger partial charge in [-0.3, -0.25) is 4.79 Å². The summed E-state index contributed by atoms with van der Waals surface area (Å²) in [4.78, 5) is 12.0. The molecule has 19 heavy (non-hydrogen) atoms. The normalized spacial score (nSPS) is 23.7. The lowest BCUT2D eigenvalue weighted by atomic mass is 10.0. The average Bonchev–Trinajstić information content (AvgIpc) is 2.54. The van der Waals surface area contributed by atoms with Crippen molar-refractivity contribution < 1.29 is 14.3 Å². The van der Waals surface area contributed by atoms with E-state index in [9.17, 15) is 14.3 Å². The minimum absolute atomic E-state index is 0.0801. The van der Waals surface area contributed by atoms with E-state index in [-0.39, 0.29) is 17.4 Å². The van der Waals surface area contributed by atoms with Crippen molar-refractivity contribution in [3.05, 3.63) is 29.6 Å². The van der Waals surface area contributed by atoms with E-state index in [2.05, 4.69) is 12.2 Å². The van der Waals surface area contributed by atoms with Crippen LogP contribution in [-0.2, 0) is 0 Å². The number of carbonyl (C=O) groups is 1. The van der Waals surface area contributed by atoms with Gasteiger partial charge >= 0.3 is 0 Å². The van der Waals surface area contributed by atoms with Crippen LogP contribution in [0.3, 0.4) is 0 Å². The van der Waals surface area contributed by atoms with E-state index in [0.29, 0.717) is 5.92 Å². The zero-order chi connectivity index (χ0) is 13.8. The number of phenolic OH excluding ortho intramolecular Hbond substituents is 1. The molecule has 0 aromatic heterocycles. The van der Waals surface area contributed by atoms with Gasteiger partial charge in [-0.1, -0.05) is 25.8 Å². The van der Waals surface area contributed by atoms with Gasteiger partial charge in [0, 0.05) is 6.04 Å². The van der Waals surface area contributed by atoms with Gasteiger partial charge in [-0.25, -0.2) is 4.39 Å². The molecule has 1 amide bonds. The number of aromatic hydroxyl groups is 1. The number of hydrogen-bond acceptors (Lipinski definition) is 2. The first kappa shape index (κ1) is 13.8. The Kier molecular flexibility index (Phi) is 4.40. The van der Waals surface area contributed by atoms with Crippen LogP contribution in [0.4, 0.5) is 4.39 Å². The first-order valence-electron chi connectivity index (χ1n) is 6.86. The predicted octanol–water partition coefficient (Wildman–Crippen LogP) is 3.23. The van der Waals surface area contributed by atoms with Gasteiger partial charge in [0.05, 0.1) is 0 Å². The Morgan fingerprint density at radius 2 is 2.11 bits per heavy atom. The van der Waals surface area contributed by atoms with Gasteiger partial charge in [0.15, 0.2) is 0 Å². The lowest BCUT2D eigenvalue weighted by Crippen LogP contribution is -2.35. The van der Waals surface area contributed by atoms with Crippen LogP contribution in [0.5, 0.6) is 5.75 Å². The Bertz CT molecular complexity index is 441. The van der Waals surface area contributed by atoms with Crippen molar-refractivity contribution in [3.63, 3.8) is 0 Å². The molecule has 0 radical (unpaired) electrons. The molecular weight excluding hydrogens is 245 g/mol. The molecule has 0 bridgehead atoms. The third-order valence-corrected chi connectivity index (χ3v) is 3.81. The van der Waals surface area contributed by atoms with Gasteiger partial charge in [-0.2, -0.15) is 0 Å². The molecule has 1 aliphatic carbocycles. The fraction of sp³-hybridized carbons (Fsp3) is 0.533. The van der Waals surface area contributed by atoms with Gasteiger partial charge in [-0.15, -0.1) is 0 Å². The number of halogens is 1. The molecule has 2 unspecified atom stereocenters. The van der Waals surface area contributed by atoms with Crippen molar-refractivity contribution in [2.45, 2.75) is 45.1 Å². The highest BCUT2D eigenvalue weighted by Crippen LogP contribution is 2.24. The van der Waals surface area contributed by atoms with E-state index in [1.165, 1.54) is 24.6 Å².